The molecular formula is C20H23ClN2O3. The van der Waals surface area contributed by atoms with Gasteiger partial charge in [0.15, 0.2) is 0 Å². The Bertz CT molecular complexity index is 775. The minimum Gasteiger partial charge on any atom is -0.495 e. The molecular weight excluding hydrogens is 352 g/mol. The molecule has 0 fully saturated rings. The lowest BCUT2D eigenvalue weighted by atomic mass is 10.1. The first-order chi connectivity index (χ1) is 12.5. The second-order valence-electron chi connectivity index (χ2n) is 5.96. The third-order valence-corrected chi connectivity index (χ3v) is 4.23. The van der Waals surface area contributed by atoms with Crippen molar-refractivity contribution in [3.63, 3.8) is 0 Å². The van der Waals surface area contributed by atoms with Crippen LogP contribution in [0.2, 0.25) is 5.02 Å². The zero-order chi connectivity index (χ0) is 19.1. The van der Waals surface area contributed by atoms with E-state index in [1.807, 2.05) is 0 Å². The molecule has 0 radical (unpaired) electrons. The van der Waals surface area contributed by atoms with Gasteiger partial charge >= 0.3 is 0 Å². The first-order valence-electron chi connectivity index (χ1n) is 8.46. The maximum absolute atomic E-state index is 12.4. The number of amides is 2. The van der Waals surface area contributed by atoms with E-state index in [0.717, 1.165) is 12.8 Å². The van der Waals surface area contributed by atoms with Crippen LogP contribution < -0.4 is 10.1 Å². The van der Waals surface area contributed by atoms with E-state index in [-0.39, 0.29) is 11.8 Å². The quantitative estimate of drug-likeness (QED) is 0.777. The van der Waals surface area contributed by atoms with Crippen molar-refractivity contribution >= 4 is 29.1 Å². The lowest BCUT2D eigenvalue weighted by molar-refractivity contribution is 0.0792. The monoisotopic (exact) mass is 374 g/mol. The van der Waals surface area contributed by atoms with Gasteiger partial charge in [-0.15, -0.1) is 0 Å². The van der Waals surface area contributed by atoms with Crippen LogP contribution in [0.15, 0.2) is 42.5 Å². The summed E-state index contributed by atoms with van der Waals surface area (Å²) in [5, 5.41) is 3.27. The Labute approximate surface area is 158 Å². The fraction of sp³-hybridized carbons (Fsp3) is 0.300. The van der Waals surface area contributed by atoms with Crippen LogP contribution in [0.1, 0.15) is 40.5 Å². The highest BCUT2D eigenvalue weighted by molar-refractivity contribution is 6.31. The summed E-state index contributed by atoms with van der Waals surface area (Å²) in [7, 11) is 3.30. The summed E-state index contributed by atoms with van der Waals surface area (Å²) in [5.41, 5.74) is 1.49. The minimum absolute atomic E-state index is 0.0538. The molecule has 26 heavy (non-hydrogen) atoms. The summed E-state index contributed by atoms with van der Waals surface area (Å²) < 4.78 is 5.22. The number of benzene rings is 2. The first kappa shape index (κ1) is 19.8. The molecule has 6 heteroatoms. The number of unbranched alkanes of at least 4 members (excludes halogenated alkanes) is 1. The summed E-state index contributed by atoms with van der Waals surface area (Å²) in [4.78, 5) is 26.5. The van der Waals surface area contributed by atoms with Crippen molar-refractivity contribution in [1.82, 2.24) is 4.90 Å². The zero-order valence-corrected chi connectivity index (χ0v) is 16.0. The van der Waals surface area contributed by atoms with Crippen molar-refractivity contribution in [3.8, 4) is 5.75 Å². The molecule has 0 bridgehead atoms. The molecule has 0 aromatic heterocycles. The predicted octanol–water partition coefficient (Wildman–Crippen LogP) is 4.47. The van der Waals surface area contributed by atoms with Crippen molar-refractivity contribution < 1.29 is 14.3 Å². The smallest absolute Gasteiger partial charge is 0.255 e. The number of carbonyl (C=O) groups is 2. The standard InChI is InChI=1S/C20H23ClN2O3/c1-4-5-12-23(2)20(25)15-8-6-14(7-9-15)19(24)22-17-13-16(21)10-11-18(17)26-3/h6-11,13H,4-5,12H2,1-3H3,(H,22,24). The van der Waals surface area contributed by atoms with Gasteiger partial charge in [-0.3, -0.25) is 9.59 Å². The average Bonchev–Trinajstić information content (AvgIpc) is 2.65. The predicted molar refractivity (Wildman–Crippen MR) is 104 cm³/mol. The van der Waals surface area contributed by atoms with Gasteiger partial charge in [-0.2, -0.15) is 0 Å². The van der Waals surface area contributed by atoms with E-state index >= 15 is 0 Å². The molecule has 138 valence electrons. The van der Waals surface area contributed by atoms with Gasteiger partial charge in [-0.1, -0.05) is 24.9 Å². The highest BCUT2D eigenvalue weighted by Gasteiger charge is 2.14. The molecule has 0 aliphatic rings. The van der Waals surface area contributed by atoms with E-state index in [9.17, 15) is 9.59 Å². The topological polar surface area (TPSA) is 58.6 Å². The second-order valence-corrected chi connectivity index (χ2v) is 6.39. The molecule has 0 aliphatic carbocycles. The molecule has 2 aromatic carbocycles. The van der Waals surface area contributed by atoms with Crippen molar-refractivity contribution in [2.45, 2.75) is 19.8 Å². The third-order valence-electron chi connectivity index (χ3n) is 4.00. The van der Waals surface area contributed by atoms with Crippen molar-refractivity contribution in [2.24, 2.45) is 0 Å². The third kappa shape index (κ3) is 4.99. The Hall–Kier alpha value is -2.53. The van der Waals surface area contributed by atoms with E-state index < -0.39 is 0 Å². The Kier molecular flexibility index (Phi) is 7.04. The highest BCUT2D eigenvalue weighted by atomic mass is 35.5. The van der Waals surface area contributed by atoms with Gasteiger partial charge in [0.2, 0.25) is 0 Å². The minimum atomic E-state index is -0.302. The molecule has 0 atom stereocenters. The van der Waals surface area contributed by atoms with E-state index in [1.54, 1.807) is 54.4 Å². The van der Waals surface area contributed by atoms with E-state index in [0.29, 0.717) is 34.1 Å². The van der Waals surface area contributed by atoms with Gasteiger partial charge in [0.05, 0.1) is 12.8 Å². The van der Waals surface area contributed by atoms with Gasteiger partial charge in [-0.05, 0) is 48.9 Å². The lowest BCUT2D eigenvalue weighted by Gasteiger charge is -2.17. The van der Waals surface area contributed by atoms with Crippen LogP contribution >= 0.6 is 11.6 Å². The number of hydrogen-bond acceptors (Lipinski definition) is 3. The summed E-state index contributed by atoms with van der Waals surface area (Å²) in [6.45, 7) is 2.80. The zero-order valence-electron chi connectivity index (χ0n) is 15.2. The number of ether oxygens (including phenoxy) is 1. The van der Waals surface area contributed by atoms with E-state index in [4.69, 9.17) is 16.3 Å². The molecule has 0 spiro atoms. The van der Waals surface area contributed by atoms with Gasteiger partial charge in [-0.25, -0.2) is 0 Å². The summed E-state index contributed by atoms with van der Waals surface area (Å²) in [5.74, 6) is 0.165. The largest absolute Gasteiger partial charge is 0.495 e. The van der Waals surface area contributed by atoms with Crippen molar-refractivity contribution in [3.05, 3.63) is 58.6 Å². The molecule has 0 heterocycles. The van der Waals surface area contributed by atoms with Crippen LogP contribution in [0.25, 0.3) is 0 Å². The normalized spacial score (nSPS) is 10.3. The second kappa shape index (κ2) is 9.25. The summed E-state index contributed by atoms with van der Waals surface area (Å²) in [6, 6.07) is 11.6. The molecule has 1 N–H and O–H groups in total. The molecule has 0 unspecified atom stereocenters. The number of hydrogen-bond donors (Lipinski definition) is 1. The Balaban J connectivity index is 2.09. The summed E-state index contributed by atoms with van der Waals surface area (Å²) >= 11 is 5.98. The van der Waals surface area contributed by atoms with Crippen LogP contribution in [-0.4, -0.2) is 37.4 Å². The highest BCUT2D eigenvalue weighted by Crippen LogP contribution is 2.28. The Morgan fingerprint density at radius 1 is 1.12 bits per heavy atom. The number of halogens is 1. The maximum atomic E-state index is 12.4. The molecule has 0 aliphatic heterocycles. The fourth-order valence-corrected chi connectivity index (χ4v) is 2.63. The molecule has 0 saturated carbocycles. The molecule has 5 nitrogen and oxygen atoms in total. The van der Waals surface area contributed by atoms with Crippen molar-refractivity contribution in [1.29, 1.82) is 0 Å². The van der Waals surface area contributed by atoms with E-state index in [1.165, 1.54) is 7.11 Å². The maximum Gasteiger partial charge on any atom is 0.255 e. The van der Waals surface area contributed by atoms with Crippen LogP contribution in [0, 0.1) is 0 Å². The number of methoxy groups -OCH3 is 1. The van der Waals surface area contributed by atoms with Gasteiger partial charge in [0, 0.05) is 29.7 Å². The molecule has 2 amide bonds. The molecule has 0 saturated heterocycles. The number of rotatable bonds is 7. The SMILES string of the molecule is CCCCN(C)C(=O)c1ccc(C(=O)Nc2cc(Cl)ccc2OC)cc1. The lowest BCUT2D eigenvalue weighted by Crippen LogP contribution is -2.27. The Morgan fingerprint density at radius 3 is 2.38 bits per heavy atom. The first-order valence-corrected chi connectivity index (χ1v) is 8.84. The number of carbonyl (C=O) groups excluding carboxylic acids is 2. The van der Waals surface area contributed by atoms with Gasteiger partial charge < -0.3 is 15.0 Å². The number of anilines is 1. The summed E-state index contributed by atoms with van der Waals surface area (Å²) in [6.07, 6.45) is 1.99. The fourth-order valence-electron chi connectivity index (χ4n) is 2.45. The average molecular weight is 375 g/mol. The van der Waals surface area contributed by atoms with Crippen molar-refractivity contribution in [2.75, 3.05) is 26.0 Å². The van der Waals surface area contributed by atoms with Crippen LogP contribution in [-0.2, 0) is 0 Å². The molecule has 2 aromatic rings. The number of nitrogens with zero attached hydrogens (tertiary/aromatic N) is 1. The van der Waals surface area contributed by atoms with Crippen LogP contribution in [0.4, 0.5) is 5.69 Å². The Morgan fingerprint density at radius 2 is 1.77 bits per heavy atom. The van der Waals surface area contributed by atoms with E-state index in [2.05, 4.69) is 12.2 Å². The van der Waals surface area contributed by atoms with Crippen LogP contribution in [0.3, 0.4) is 0 Å². The number of nitrogens with one attached hydrogen (secondary N) is 1. The van der Waals surface area contributed by atoms with Gasteiger partial charge in [0.1, 0.15) is 5.75 Å². The van der Waals surface area contributed by atoms with Gasteiger partial charge in [0.25, 0.3) is 11.8 Å². The molecule has 2 rings (SSSR count). The van der Waals surface area contributed by atoms with Crippen LogP contribution in [0.5, 0.6) is 5.75 Å².